The number of hydrogen-bond acceptors (Lipinski definition) is 5. The van der Waals surface area contributed by atoms with Crippen molar-refractivity contribution >= 4 is 29.3 Å². The van der Waals surface area contributed by atoms with Crippen LogP contribution in [0.2, 0.25) is 0 Å². The first-order chi connectivity index (χ1) is 13.0. The largest absolute Gasteiger partial charge is 0.495 e. The molecule has 0 spiro atoms. The number of ether oxygens (including phenoxy) is 2. The van der Waals surface area contributed by atoms with Gasteiger partial charge in [-0.1, -0.05) is 18.2 Å². The van der Waals surface area contributed by atoms with Gasteiger partial charge in [-0.2, -0.15) is 0 Å². The van der Waals surface area contributed by atoms with Crippen LogP contribution < -0.4 is 15.4 Å². The van der Waals surface area contributed by atoms with E-state index in [9.17, 15) is 9.59 Å². The van der Waals surface area contributed by atoms with Crippen LogP contribution in [0.3, 0.4) is 0 Å². The van der Waals surface area contributed by atoms with E-state index >= 15 is 0 Å². The smallest absolute Gasteiger partial charge is 0.256 e. The maximum absolute atomic E-state index is 12.8. The molecule has 2 aromatic rings. The van der Waals surface area contributed by atoms with Gasteiger partial charge in [0.05, 0.1) is 30.7 Å². The first-order valence-electron chi connectivity index (χ1n) is 8.48. The Kier molecular flexibility index (Phi) is 8.16. The van der Waals surface area contributed by atoms with Gasteiger partial charge in [-0.3, -0.25) is 9.59 Å². The number of anilines is 1. The van der Waals surface area contributed by atoms with E-state index in [-0.39, 0.29) is 17.6 Å². The molecule has 2 N–H and O–H groups in total. The van der Waals surface area contributed by atoms with Gasteiger partial charge in [-0.25, -0.2) is 0 Å². The molecule has 0 aliphatic carbocycles. The highest BCUT2D eigenvalue weighted by Crippen LogP contribution is 2.28. The number of amides is 2. The lowest BCUT2D eigenvalue weighted by Crippen LogP contribution is -2.28. The van der Waals surface area contributed by atoms with Crippen LogP contribution in [-0.2, 0) is 9.53 Å². The van der Waals surface area contributed by atoms with E-state index in [0.717, 1.165) is 10.5 Å². The average Bonchev–Trinajstić information content (AvgIpc) is 2.67. The third-order valence-corrected chi connectivity index (χ3v) is 4.80. The van der Waals surface area contributed by atoms with Crippen molar-refractivity contribution in [3.8, 4) is 5.75 Å². The monoisotopic (exact) mass is 388 g/mol. The van der Waals surface area contributed by atoms with Crippen molar-refractivity contribution in [1.29, 1.82) is 0 Å². The minimum atomic E-state index is -0.248. The van der Waals surface area contributed by atoms with Gasteiger partial charge >= 0.3 is 0 Å². The molecule has 0 saturated heterocycles. The van der Waals surface area contributed by atoms with Crippen molar-refractivity contribution in [3.63, 3.8) is 0 Å². The fourth-order valence-corrected chi connectivity index (χ4v) is 3.26. The Morgan fingerprint density at radius 1 is 1.11 bits per heavy atom. The molecule has 7 heteroatoms. The zero-order valence-electron chi connectivity index (χ0n) is 15.7. The summed E-state index contributed by atoms with van der Waals surface area (Å²) in [5.74, 6) is 0.466. The second-order valence-electron chi connectivity index (χ2n) is 5.79. The van der Waals surface area contributed by atoms with Gasteiger partial charge in [0.1, 0.15) is 5.75 Å². The summed E-state index contributed by atoms with van der Waals surface area (Å²) in [5.41, 5.74) is 2.14. The van der Waals surface area contributed by atoms with Crippen LogP contribution in [0.5, 0.6) is 5.75 Å². The first-order valence-corrected chi connectivity index (χ1v) is 9.47. The molecule has 0 saturated carbocycles. The number of aryl methyl sites for hydroxylation is 1. The van der Waals surface area contributed by atoms with Gasteiger partial charge < -0.3 is 20.1 Å². The van der Waals surface area contributed by atoms with Crippen LogP contribution >= 0.6 is 11.8 Å². The van der Waals surface area contributed by atoms with Gasteiger partial charge in [-0.15, -0.1) is 11.8 Å². The second kappa shape index (κ2) is 10.6. The number of rotatable bonds is 9. The fraction of sp³-hybridized carbons (Fsp3) is 0.300. The molecule has 0 aliphatic rings. The molecule has 0 atom stereocenters. The van der Waals surface area contributed by atoms with Crippen molar-refractivity contribution in [1.82, 2.24) is 5.32 Å². The average molecular weight is 388 g/mol. The van der Waals surface area contributed by atoms with E-state index in [4.69, 9.17) is 9.47 Å². The Bertz CT molecular complexity index is 795. The molecule has 0 heterocycles. The summed E-state index contributed by atoms with van der Waals surface area (Å²) in [6.07, 6.45) is 0. The van der Waals surface area contributed by atoms with Crippen LogP contribution in [0.1, 0.15) is 15.9 Å². The number of nitrogens with one attached hydrogen (secondary N) is 2. The zero-order chi connectivity index (χ0) is 19.6. The molecule has 144 valence electrons. The lowest BCUT2D eigenvalue weighted by molar-refractivity contribution is -0.118. The van der Waals surface area contributed by atoms with E-state index < -0.39 is 0 Å². The van der Waals surface area contributed by atoms with E-state index in [2.05, 4.69) is 10.6 Å². The van der Waals surface area contributed by atoms with Crippen LogP contribution in [0.15, 0.2) is 47.4 Å². The van der Waals surface area contributed by atoms with Crippen molar-refractivity contribution in [2.75, 3.05) is 38.4 Å². The molecule has 2 aromatic carbocycles. The predicted octanol–water partition coefficient (Wildman–Crippen LogP) is 3.11. The number of carbonyl (C=O) groups is 2. The summed E-state index contributed by atoms with van der Waals surface area (Å²) in [7, 11) is 3.14. The SMILES string of the molecule is COCCNC(=O)CSc1ccccc1C(=O)Nc1cc(C)ccc1OC. The van der Waals surface area contributed by atoms with Gasteiger partial charge in [0, 0.05) is 18.6 Å². The predicted molar refractivity (Wildman–Crippen MR) is 108 cm³/mol. The topological polar surface area (TPSA) is 76.7 Å². The van der Waals surface area contributed by atoms with E-state index in [1.54, 1.807) is 26.4 Å². The van der Waals surface area contributed by atoms with Crippen LogP contribution in [0.25, 0.3) is 0 Å². The summed E-state index contributed by atoms with van der Waals surface area (Å²) in [4.78, 5) is 25.4. The molecule has 0 fully saturated rings. The standard InChI is InChI=1S/C20H24N2O4S/c1-14-8-9-17(26-3)16(12-14)22-20(24)15-6-4-5-7-18(15)27-13-19(23)21-10-11-25-2/h4-9,12H,10-11,13H2,1-3H3,(H,21,23)(H,22,24). The highest BCUT2D eigenvalue weighted by atomic mass is 32.2. The molecule has 0 aliphatic heterocycles. The van der Waals surface area contributed by atoms with Crippen molar-refractivity contribution in [2.24, 2.45) is 0 Å². The number of thioether (sulfide) groups is 1. The molecular formula is C20H24N2O4S. The Balaban J connectivity index is 2.07. The number of hydrogen-bond donors (Lipinski definition) is 2. The molecule has 0 unspecified atom stereocenters. The normalized spacial score (nSPS) is 10.3. The fourth-order valence-electron chi connectivity index (χ4n) is 2.38. The highest BCUT2D eigenvalue weighted by Gasteiger charge is 2.15. The quantitative estimate of drug-likeness (QED) is 0.510. The zero-order valence-corrected chi connectivity index (χ0v) is 16.5. The molecule has 6 nitrogen and oxygen atoms in total. The summed E-state index contributed by atoms with van der Waals surface area (Å²) in [5, 5.41) is 5.66. The maximum Gasteiger partial charge on any atom is 0.256 e. The molecule has 2 amide bonds. The number of methoxy groups -OCH3 is 2. The Morgan fingerprint density at radius 3 is 2.63 bits per heavy atom. The van der Waals surface area contributed by atoms with Gasteiger partial charge in [-0.05, 0) is 36.8 Å². The Morgan fingerprint density at radius 2 is 1.89 bits per heavy atom. The number of benzene rings is 2. The molecule has 27 heavy (non-hydrogen) atoms. The lowest BCUT2D eigenvalue weighted by atomic mass is 10.1. The number of carbonyl (C=O) groups excluding carboxylic acids is 2. The summed E-state index contributed by atoms with van der Waals surface area (Å²) in [6.45, 7) is 2.87. The molecule has 2 rings (SSSR count). The summed E-state index contributed by atoms with van der Waals surface area (Å²) >= 11 is 1.32. The van der Waals surface area contributed by atoms with Crippen molar-refractivity contribution < 1.29 is 19.1 Å². The van der Waals surface area contributed by atoms with E-state index in [1.165, 1.54) is 11.8 Å². The van der Waals surface area contributed by atoms with Gasteiger partial charge in [0.25, 0.3) is 5.91 Å². The summed E-state index contributed by atoms with van der Waals surface area (Å²) < 4.78 is 10.2. The molecule has 0 bridgehead atoms. The molecule has 0 radical (unpaired) electrons. The van der Waals surface area contributed by atoms with E-state index in [1.807, 2.05) is 37.3 Å². The second-order valence-corrected chi connectivity index (χ2v) is 6.80. The third-order valence-electron chi connectivity index (χ3n) is 3.72. The Labute approximate surface area is 163 Å². The Hall–Kier alpha value is -2.51. The highest BCUT2D eigenvalue weighted by molar-refractivity contribution is 8.00. The van der Waals surface area contributed by atoms with E-state index in [0.29, 0.717) is 30.2 Å². The van der Waals surface area contributed by atoms with Crippen LogP contribution in [0, 0.1) is 6.92 Å². The lowest BCUT2D eigenvalue weighted by Gasteiger charge is -2.13. The minimum absolute atomic E-state index is 0.104. The van der Waals surface area contributed by atoms with Crippen LogP contribution in [0.4, 0.5) is 5.69 Å². The van der Waals surface area contributed by atoms with Crippen molar-refractivity contribution in [3.05, 3.63) is 53.6 Å². The van der Waals surface area contributed by atoms with Crippen LogP contribution in [-0.4, -0.2) is 44.9 Å². The van der Waals surface area contributed by atoms with Gasteiger partial charge in [0.2, 0.25) is 5.91 Å². The molecule has 0 aromatic heterocycles. The maximum atomic E-state index is 12.8. The third kappa shape index (κ3) is 6.30. The van der Waals surface area contributed by atoms with Crippen molar-refractivity contribution in [2.45, 2.75) is 11.8 Å². The summed E-state index contributed by atoms with van der Waals surface area (Å²) in [6, 6.07) is 12.8. The van der Waals surface area contributed by atoms with Gasteiger partial charge in [0.15, 0.2) is 0 Å². The minimum Gasteiger partial charge on any atom is -0.495 e. The first kappa shape index (κ1) is 20.8. The molecular weight excluding hydrogens is 364 g/mol.